The number of rotatable bonds is 11. The summed E-state index contributed by atoms with van der Waals surface area (Å²) in [6.07, 6.45) is 5.97. The molecule has 2 aliphatic carbocycles. The van der Waals surface area contributed by atoms with Crippen LogP contribution in [-0.4, -0.2) is 12.4 Å². The molecule has 400 valence electrons. The van der Waals surface area contributed by atoms with Crippen LogP contribution in [-0.2, 0) is 23.2 Å². The van der Waals surface area contributed by atoms with Gasteiger partial charge in [-0.1, -0.05) is 0 Å². The van der Waals surface area contributed by atoms with Crippen LogP contribution in [0.4, 0.5) is 43.9 Å². The van der Waals surface area contributed by atoms with Gasteiger partial charge in [0, 0.05) is 0 Å². The van der Waals surface area contributed by atoms with Gasteiger partial charge in [-0.3, -0.25) is 0 Å². The molecule has 0 radical (unpaired) electrons. The fourth-order valence-corrected chi connectivity index (χ4v) is 15.0. The monoisotopic (exact) mass is 1170 g/mol. The molecule has 0 saturated carbocycles. The third kappa shape index (κ3) is 11.4. The molecule has 0 spiro atoms. The van der Waals surface area contributed by atoms with Gasteiger partial charge >= 0.3 is 466 Å². The Morgan fingerprint density at radius 3 is 1.47 bits per heavy atom. The van der Waals surface area contributed by atoms with E-state index in [4.69, 9.17) is 0 Å². The average Bonchev–Trinajstić information content (AvgIpc) is 3.92. The molecule has 0 aliphatic heterocycles. The molecule has 0 saturated heterocycles. The predicted octanol–water partition coefficient (Wildman–Crippen LogP) is 18.4. The second-order valence-corrected chi connectivity index (χ2v) is 22.0. The average molecular weight is 1170 g/mol. The van der Waals surface area contributed by atoms with Crippen LogP contribution in [0.15, 0.2) is 218 Å². The van der Waals surface area contributed by atoms with Crippen molar-refractivity contribution >= 4 is 50.0 Å². The Kier molecular flexibility index (Phi) is 18.1. The van der Waals surface area contributed by atoms with Crippen LogP contribution >= 0.6 is 0 Å². The maximum atomic E-state index is 14.5. The second-order valence-electron chi connectivity index (χ2n) is 18.7. The summed E-state index contributed by atoms with van der Waals surface area (Å²) in [5.41, 5.74) is 11.1. The van der Waals surface area contributed by atoms with Crippen molar-refractivity contribution in [2.45, 2.75) is 23.9 Å². The molecule has 11 rings (SSSR count). The van der Waals surface area contributed by atoms with Gasteiger partial charge in [0.1, 0.15) is 0 Å². The van der Waals surface area contributed by atoms with E-state index < -0.39 is 98.0 Å². The van der Waals surface area contributed by atoms with Crippen molar-refractivity contribution in [3.05, 3.63) is 327 Å². The van der Waals surface area contributed by atoms with E-state index in [0.29, 0.717) is 10.5 Å². The maximum absolute atomic E-state index is 14.5. The molecule has 9 aromatic rings. The van der Waals surface area contributed by atoms with Gasteiger partial charge in [0.05, 0.1) is 0 Å². The van der Waals surface area contributed by atoms with E-state index in [1.165, 1.54) is 83.2 Å². The Morgan fingerprint density at radius 2 is 0.926 bits per heavy atom. The summed E-state index contributed by atoms with van der Waals surface area (Å²) in [5, 5.41) is 0. The quantitative estimate of drug-likeness (QED) is 0.0230. The zero-order valence-corrected chi connectivity index (χ0v) is 46.1. The third-order valence-electron chi connectivity index (χ3n) is 14.0. The summed E-state index contributed by atoms with van der Waals surface area (Å²) in [6.45, 7) is 10.0. The zero-order chi connectivity index (χ0) is 57.5. The summed E-state index contributed by atoms with van der Waals surface area (Å²) in [5.74, 6) is -22.2. The van der Waals surface area contributed by atoms with Gasteiger partial charge in [-0.15, -0.1) is 13.2 Å². The van der Waals surface area contributed by atoms with Gasteiger partial charge in [-0.2, -0.15) is 0 Å². The van der Waals surface area contributed by atoms with Crippen LogP contribution in [0, 0.1) is 58.2 Å². The van der Waals surface area contributed by atoms with Crippen molar-refractivity contribution in [1.29, 1.82) is 0 Å². The standard InChI is InChI=1S/C28H21.C22H7BF10.C17H15.C2H4.Zr/c1-5-13-23(14-6-1)21-27(25-17-9-3-10-18-25)28(26-19-11-4-12-20-26)22-24-15-7-2-8-16-24;1-6-9(10-13(24)17(28)21(32)18(29)14(10)25)7-4-2-3-5-8(7)11(6)23-12-15(26)19(30)22(33)20(31)16(12)27;1-2-13-11-15-9-6-10-16(17(15)12-13)14-7-4-3-5-8-14;1-2;/h1-21H;2-5H,1H3;3-12H,2H2,1H3;1-2H2;. The van der Waals surface area contributed by atoms with Crippen LogP contribution in [0.25, 0.3) is 43.3 Å². The molecule has 0 fully saturated rings. The summed E-state index contributed by atoms with van der Waals surface area (Å²) >= 11 is -1.32. The Morgan fingerprint density at radius 1 is 0.481 bits per heavy atom. The van der Waals surface area contributed by atoms with E-state index in [0.717, 1.165) is 13.3 Å². The van der Waals surface area contributed by atoms with E-state index in [1.807, 2.05) is 0 Å². The van der Waals surface area contributed by atoms with Gasteiger partial charge in [0.15, 0.2) is 0 Å². The topological polar surface area (TPSA) is 0 Å². The molecular weight excluding hydrogens is 1120 g/mol. The number of fused-ring (bicyclic) bond motifs is 2. The van der Waals surface area contributed by atoms with Crippen LogP contribution in [0.3, 0.4) is 0 Å². The molecule has 2 aliphatic rings. The fourth-order valence-electron chi connectivity index (χ4n) is 10.2. The SMILES string of the molecule is C=C.CC1=C(c2c(F)c(F)c(F)c(F)c2F)c2ccccc2C1=Bc1c(F)c(F)c(F)c(F)c1F.CCC1=Cc2c(-c3ccccc3)cccc2[CH]1[Zr][C](=C(C(=Cc1ccccc1)c1ccccc1)c1ccccc1)c1ccccc1. The molecule has 9 aromatic carbocycles. The van der Waals surface area contributed by atoms with Crippen molar-refractivity contribution in [3.63, 3.8) is 0 Å². The molecule has 0 heterocycles. The molecule has 0 nitrogen and oxygen atoms in total. The Balaban J connectivity index is 0.000000200. The molecule has 1 atom stereocenters. The molecule has 1 unspecified atom stereocenters. The molecule has 0 amide bonds. The molecule has 0 N–H and O–H groups in total. The Bertz CT molecular complexity index is 3910. The first kappa shape index (κ1) is 57.5. The Hall–Kier alpha value is -8.20. The van der Waals surface area contributed by atoms with Crippen LogP contribution in [0.1, 0.15) is 74.0 Å². The van der Waals surface area contributed by atoms with E-state index in [2.05, 4.69) is 202 Å². The normalized spacial score (nSPS) is 14.2. The number of hydrogen-bond acceptors (Lipinski definition) is 0. The van der Waals surface area contributed by atoms with E-state index >= 15 is 0 Å². The fraction of sp³-hybridized carbons (Fsp3) is 0.0580. The number of halogens is 10. The van der Waals surface area contributed by atoms with Crippen LogP contribution in [0.2, 0.25) is 0 Å². The summed E-state index contributed by atoms with van der Waals surface area (Å²) in [6, 6.07) is 67.2. The van der Waals surface area contributed by atoms with E-state index in [9.17, 15) is 43.9 Å². The van der Waals surface area contributed by atoms with Crippen molar-refractivity contribution in [2.24, 2.45) is 0 Å². The molecule has 12 heteroatoms. The van der Waals surface area contributed by atoms with Crippen molar-refractivity contribution < 1.29 is 67.1 Å². The van der Waals surface area contributed by atoms with Gasteiger partial charge < -0.3 is 0 Å². The molecular formula is C69H47BF10Zr. The van der Waals surface area contributed by atoms with Crippen LogP contribution in [0.5, 0.6) is 0 Å². The van der Waals surface area contributed by atoms with Gasteiger partial charge in [-0.05, 0) is 0 Å². The third-order valence-corrected chi connectivity index (χ3v) is 18.4. The van der Waals surface area contributed by atoms with Crippen molar-refractivity contribution in [1.82, 2.24) is 0 Å². The van der Waals surface area contributed by atoms with Crippen molar-refractivity contribution in [3.8, 4) is 11.1 Å². The summed E-state index contributed by atoms with van der Waals surface area (Å²) in [4.78, 5) is 0. The van der Waals surface area contributed by atoms with Gasteiger partial charge in [0.2, 0.25) is 0 Å². The van der Waals surface area contributed by atoms with Gasteiger partial charge in [-0.25, -0.2) is 0 Å². The molecule has 0 aromatic heterocycles. The predicted molar refractivity (Wildman–Crippen MR) is 305 cm³/mol. The summed E-state index contributed by atoms with van der Waals surface area (Å²) in [7, 11) is 0. The molecule has 0 bridgehead atoms. The van der Waals surface area contributed by atoms with E-state index in [-0.39, 0.29) is 22.2 Å². The minimum absolute atomic E-state index is 0.0119. The number of hydrogen-bond donors (Lipinski definition) is 0. The minimum atomic E-state index is -2.38. The first-order chi connectivity index (χ1) is 39.3. The van der Waals surface area contributed by atoms with Crippen LogP contribution < -0.4 is 5.46 Å². The Labute approximate surface area is 476 Å². The summed E-state index contributed by atoms with van der Waals surface area (Å²) < 4.78 is 141. The number of allylic oxidation sites excluding steroid dienone is 4. The van der Waals surface area contributed by atoms with E-state index in [1.54, 1.807) is 5.57 Å². The van der Waals surface area contributed by atoms with Crippen molar-refractivity contribution in [2.75, 3.05) is 0 Å². The van der Waals surface area contributed by atoms with Gasteiger partial charge in [0.25, 0.3) is 0 Å². The number of benzene rings is 9. The first-order valence-electron chi connectivity index (χ1n) is 25.7. The second kappa shape index (κ2) is 25.5. The zero-order valence-electron chi connectivity index (χ0n) is 43.7. The first-order valence-corrected chi connectivity index (χ1v) is 28.3. The molecule has 81 heavy (non-hydrogen) atoms.